The molecule has 0 radical (unpaired) electrons. The first-order valence-corrected chi connectivity index (χ1v) is 7.59. The van der Waals surface area contributed by atoms with E-state index in [1.807, 2.05) is 0 Å². The zero-order valence-corrected chi connectivity index (χ0v) is 14.0. The van der Waals surface area contributed by atoms with Crippen LogP contribution < -0.4 is 10.6 Å². The zero-order chi connectivity index (χ0) is 18.5. The largest absolute Gasteiger partial charge is 0.465 e. The van der Waals surface area contributed by atoms with E-state index in [1.54, 1.807) is 43.3 Å². The summed E-state index contributed by atoms with van der Waals surface area (Å²) in [5.74, 6) is 0.307. The van der Waals surface area contributed by atoms with E-state index in [1.165, 1.54) is 13.2 Å². The summed E-state index contributed by atoms with van der Waals surface area (Å²) >= 11 is 0. The minimum atomic E-state index is -0.472. The molecule has 0 fully saturated rings. The second kappa shape index (κ2) is 7.43. The van der Waals surface area contributed by atoms with Gasteiger partial charge in [0.2, 0.25) is 0 Å². The SMILES string of the molecule is COC(=O)c1ccccc1Nc1ccc(C(=O)Nc2cc(C)on2)nn1. The van der Waals surface area contributed by atoms with Crippen molar-refractivity contribution in [2.24, 2.45) is 0 Å². The fraction of sp³-hybridized carbons (Fsp3) is 0.118. The van der Waals surface area contributed by atoms with Crippen molar-refractivity contribution in [3.8, 4) is 0 Å². The summed E-state index contributed by atoms with van der Waals surface area (Å²) in [7, 11) is 1.31. The highest BCUT2D eigenvalue weighted by Gasteiger charge is 2.13. The number of nitrogens with one attached hydrogen (secondary N) is 2. The number of aryl methyl sites for hydroxylation is 1. The van der Waals surface area contributed by atoms with Gasteiger partial charge in [-0.25, -0.2) is 4.79 Å². The molecule has 0 aliphatic heterocycles. The van der Waals surface area contributed by atoms with Crippen molar-refractivity contribution in [2.45, 2.75) is 6.92 Å². The topological polar surface area (TPSA) is 119 Å². The maximum absolute atomic E-state index is 12.1. The van der Waals surface area contributed by atoms with Crippen LogP contribution in [0.2, 0.25) is 0 Å². The molecule has 0 aliphatic rings. The molecule has 1 aromatic carbocycles. The Morgan fingerprint density at radius 2 is 1.88 bits per heavy atom. The molecule has 2 N–H and O–H groups in total. The first kappa shape index (κ1) is 17.1. The number of carbonyl (C=O) groups excluding carboxylic acids is 2. The van der Waals surface area contributed by atoms with Crippen LogP contribution >= 0.6 is 0 Å². The van der Waals surface area contributed by atoms with Crippen LogP contribution in [0.3, 0.4) is 0 Å². The molecule has 0 atom stereocenters. The van der Waals surface area contributed by atoms with Gasteiger partial charge in [0.05, 0.1) is 18.4 Å². The van der Waals surface area contributed by atoms with Crippen molar-refractivity contribution in [1.82, 2.24) is 15.4 Å². The summed E-state index contributed by atoms with van der Waals surface area (Å²) in [5, 5.41) is 17.0. The minimum absolute atomic E-state index is 0.109. The molecule has 0 unspecified atom stereocenters. The molecule has 2 heterocycles. The predicted molar refractivity (Wildman–Crippen MR) is 92.3 cm³/mol. The molecular formula is C17H15N5O4. The third-order valence-corrected chi connectivity index (χ3v) is 3.36. The summed E-state index contributed by atoms with van der Waals surface area (Å²) < 4.78 is 9.62. The second-order valence-corrected chi connectivity index (χ2v) is 5.24. The standard InChI is InChI=1S/C17H15N5O4/c1-10-9-15(22-26-10)19-16(23)13-7-8-14(21-20-13)18-12-6-4-3-5-11(12)17(24)25-2/h3-9H,1-2H3,(H,18,21)(H,19,22,23). The molecule has 1 amide bonds. The molecule has 2 aromatic heterocycles. The lowest BCUT2D eigenvalue weighted by atomic mass is 10.2. The third-order valence-electron chi connectivity index (χ3n) is 3.36. The van der Waals surface area contributed by atoms with Crippen LogP contribution in [-0.2, 0) is 4.74 Å². The number of benzene rings is 1. The molecule has 132 valence electrons. The van der Waals surface area contributed by atoms with Crippen LogP contribution in [0.15, 0.2) is 47.0 Å². The van der Waals surface area contributed by atoms with Gasteiger partial charge in [-0.05, 0) is 31.2 Å². The second-order valence-electron chi connectivity index (χ2n) is 5.24. The number of methoxy groups -OCH3 is 1. The molecule has 0 spiro atoms. The van der Waals surface area contributed by atoms with Crippen molar-refractivity contribution in [1.29, 1.82) is 0 Å². The molecular weight excluding hydrogens is 338 g/mol. The predicted octanol–water partition coefficient (Wildman–Crippen LogP) is 2.56. The van der Waals surface area contributed by atoms with Gasteiger partial charge in [0, 0.05) is 6.07 Å². The van der Waals surface area contributed by atoms with E-state index in [9.17, 15) is 9.59 Å². The van der Waals surface area contributed by atoms with Gasteiger partial charge in [0.15, 0.2) is 17.3 Å². The Bertz CT molecular complexity index is 936. The number of nitrogens with zero attached hydrogens (tertiary/aromatic N) is 3. The summed E-state index contributed by atoms with van der Waals surface area (Å²) in [6.07, 6.45) is 0. The maximum Gasteiger partial charge on any atom is 0.339 e. The van der Waals surface area contributed by atoms with Gasteiger partial charge < -0.3 is 19.9 Å². The number of anilines is 3. The van der Waals surface area contributed by atoms with Crippen LogP contribution in [0.5, 0.6) is 0 Å². The van der Waals surface area contributed by atoms with Crippen LogP contribution in [0.25, 0.3) is 0 Å². The van der Waals surface area contributed by atoms with Crippen molar-refractivity contribution in [2.75, 3.05) is 17.7 Å². The Balaban J connectivity index is 1.72. The lowest BCUT2D eigenvalue weighted by Crippen LogP contribution is -2.15. The Kier molecular flexibility index (Phi) is 4.88. The smallest absolute Gasteiger partial charge is 0.339 e. The van der Waals surface area contributed by atoms with Gasteiger partial charge in [0.25, 0.3) is 5.91 Å². The van der Waals surface area contributed by atoms with Gasteiger partial charge in [-0.1, -0.05) is 17.3 Å². The molecule has 26 heavy (non-hydrogen) atoms. The summed E-state index contributed by atoms with van der Waals surface area (Å²) in [5.41, 5.74) is 0.987. The normalized spacial score (nSPS) is 10.2. The molecule has 0 saturated carbocycles. The average molecular weight is 353 g/mol. The van der Waals surface area contributed by atoms with Crippen molar-refractivity contribution < 1.29 is 18.8 Å². The number of rotatable bonds is 5. The van der Waals surface area contributed by atoms with Gasteiger partial charge >= 0.3 is 5.97 Å². The van der Waals surface area contributed by atoms with E-state index in [0.717, 1.165) is 0 Å². The van der Waals surface area contributed by atoms with Gasteiger partial charge in [-0.15, -0.1) is 10.2 Å². The number of hydrogen-bond donors (Lipinski definition) is 2. The van der Waals surface area contributed by atoms with Gasteiger partial charge in [0.1, 0.15) is 5.76 Å². The molecule has 0 bridgehead atoms. The number of esters is 1. The lowest BCUT2D eigenvalue weighted by Gasteiger charge is -2.09. The highest BCUT2D eigenvalue weighted by molar-refractivity contribution is 6.02. The van der Waals surface area contributed by atoms with Crippen molar-refractivity contribution in [3.63, 3.8) is 0 Å². The monoisotopic (exact) mass is 353 g/mol. The first-order valence-electron chi connectivity index (χ1n) is 7.59. The van der Waals surface area contributed by atoms with E-state index in [-0.39, 0.29) is 5.69 Å². The van der Waals surface area contributed by atoms with E-state index in [4.69, 9.17) is 9.26 Å². The average Bonchev–Trinajstić information content (AvgIpc) is 3.07. The first-order chi connectivity index (χ1) is 12.6. The highest BCUT2D eigenvalue weighted by Crippen LogP contribution is 2.20. The molecule has 9 heteroatoms. The Morgan fingerprint density at radius 1 is 1.08 bits per heavy atom. The van der Waals surface area contributed by atoms with Crippen LogP contribution in [-0.4, -0.2) is 34.3 Å². The fourth-order valence-corrected chi connectivity index (χ4v) is 2.14. The van der Waals surface area contributed by atoms with E-state index < -0.39 is 11.9 Å². The molecule has 0 aliphatic carbocycles. The Hall–Kier alpha value is -3.75. The lowest BCUT2D eigenvalue weighted by molar-refractivity contribution is 0.0601. The summed E-state index contributed by atoms with van der Waals surface area (Å²) in [4.78, 5) is 23.9. The molecule has 0 saturated heterocycles. The summed E-state index contributed by atoms with van der Waals surface area (Å²) in [6, 6.07) is 11.5. The minimum Gasteiger partial charge on any atom is -0.465 e. The molecule has 3 rings (SSSR count). The van der Waals surface area contributed by atoms with Crippen LogP contribution in [0, 0.1) is 6.92 Å². The zero-order valence-electron chi connectivity index (χ0n) is 14.0. The number of para-hydroxylation sites is 1. The maximum atomic E-state index is 12.1. The van der Waals surface area contributed by atoms with E-state index in [0.29, 0.717) is 28.6 Å². The number of amides is 1. The van der Waals surface area contributed by atoms with Crippen LogP contribution in [0.4, 0.5) is 17.3 Å². The number of hydrogen-bond acceptors (Lipinski definition) is 8. The Morgan fingerprint density at radius 3 is 2.54 bits per heavy atom. The number of aromatic nitrogens is 3. The van der Waals surface area contributed by atoms with E-state index in [2.05, 4.69) is 26.0 Å². The van der Waals surface area contributed by atoms with Crippen LogP contribution in [0.1, 0.15) is 26.6 Å². The quantitative estimate of drug-likeness (QED) is 0.672. The van der Waals surface area contributed by atoms with Crippen molar-refractivity contribution in [3.05, 3.63) is 59.5 Å². The molecule has 9 nitrogen and oxygen atoms in total. The third kappa shape index (κ3) is 3.83. The molecule has 3 aromatic rings. The Labute approximate surface area is 148 Å². The highest BCUT2D eigenvalue weighted by atomic mass is 16.5. The van der Waals surface area contributed by atoms with E-state index >= 15 is 0 Å². The fourth-order valence-electron chi connectivity index (χ4n) is 2.14. The van der Waals surface area contributed by atoms with Crippen molar-refractivity contribution >= 4 is 29.2 Å². The van der Waals surface area contributed by atoms with Gasteiger partial charge in [-0.2, -0.15) is 0 Å². The number of carbonyl (C=O) groups is 2. The van der Waals surface area contributed by atoms with Gasteiger partial charge in [-0.3, -0.25) is 4.79 Å². The summed E-state index contributed by atoms with van der Waals surface area (Å²) in [6.45, 7) is 1.72. The number of ether oxygens (including phenoxy) is 1.